The number of esters is 1. The highest BCUT2D eigenvalue weighted by molar-refractivity contribution is 7.11. The van der Waals surface area contributed by atoms with Crippen molar-refractivity contribution in [3.8, 4) is 0 Å². The number of benzene rings is 1. The van der Waals surface area contributed by atoms with Crippen LogP contribution in [0, 0.1) is 18.2 Å². The second kappa shape index (κ2) is 12.0. The minimum Gasteiger partial charge on any atom is -0.481 e. The van der Waals surface area contributed by atoms with Crippen molar-refractivity contribution in [2.24, 2.45) is 10.4 Å². The monoisotopic (exact) mass is 620 g/mol. The predicted octanol–water partition coefficient (Wildman–Crippen LogP) is 3.51. The molecule has 3 aliphatic heterocycles. The molecule has 2 unspecified atom stereocenters. The molecule has 0 spiro atoms. The summed E-state index contributed by atoms with van der Waals surface area (Å²) in [4.78, 5) is 35.8. The van der Waals surface area contributed by atoms with Crippen LogP contribution < -0.4 is 10.7 Å². The molecule has 0 amide bonds. The predicted molar refractivity (Wildman–Crippen MR) is 154 cm³/mol. The van der Waals surface area contributed by atoms with E-state index in [2.05, 4.69) is 15.7 Å². The zero-order valence-corrected chi connectivity index (χ0v) is 25.2. The molecule has 0 bridgehead atoms. The minimum atomic E-state index is -3.12. The molecule has 2 saturated heterocycles. The van der Waals surface area contributed by atoms with Crippen LogP contribution >= 0.6 is 11.3 Å². The van der Waals surface area contributed by atoms with Crippen molar-refractivity contribution < 1.29 is 32.6 Å². The van der Waals surface area contributed by atoms with Crippen molar-refractivity contribution >= 4 is 29.1 Å². The number of hydrazine groups is 1. The Morgan fingerprint density at radius 2 is 2.09 bits per heavy atom. The number of carbonyl (C=O) groups is 2. The first kappa shape index (κ1) is 31.1. The van der Waals surface area contributed by atoms with Crippen molar-refractivity contribution in [3.05, 3.63) is 63.0 Å². The van der Waals surface area contributed by atoms with Crippen LogP contribution in [0.2, 0.25) is 0 Å². The average Bonchev–Trinajstić information content (AvgIpc) is 3.68. The highest BCUT2D eigenvalue weighted by Gasteiger charge is 2.60. The number of thiazole rings is 1. The first-order chi connectivity index (χ1) is 20.3. The van der Waals surface area contributed by atoms with Crippen molar-refractivity contribution in [1.29, 1.82) is 0 Å². The zero-order valence-electron chi connectivity index (χ0n) is 24.4. The summed E-state index contributed by atoms with van der Waals surface area (Å²) in [6.45, 7) is 6.08. The lowest BCUT2D eigenvalue weighted by Gasteiger charge is -2.32. The highest BCUT2D eigenvalue weighted by atomic mass is 32.1. The number of nitrogens with one attached hydrogen (secondary N) is 2. The van der Waals surface area contributed by atoms with E-state index in [0.717, 1.165) is 0 Å². The van der Waals surface area contributed by atoms with Gasteiger partial charge in [-0.15, -0.1) is 11.3 Å². The Balaban J connectivity index is 1.51. The van der Waals surface area contributed by atoms with Gasteiger partial charge >= 0.3 is 11.9 Å². The SMILES string of the molecule is CCOC(=O)C1=C(CN2CC(F)(F)C3C2CCN3NCC(C)(C)C(=O)O)NC(c2nccs2)=N[C@H]1c1cccc(F)c1C. The van der Waals surface area contributed by atoms with Crippen LogP contribution in [0.5, 0.6) is 0 Å². The van der Waals surface area contributed by atoms with Crippen LogP contribution in [0.3, 0.4) is 0 Å². The first-order valence-corrected chi connectivity index (χ1v) is 15.0. The lowest BCUT2D eigenvalue weighted by Crippen LogP contribution is -2.54. The molecule has 43 heavy (non-hydrogen) atoms. The number of amidine groups is 1. The summed E-state index contributed by atoms with van der Waals surface area (Å²) in [7, 11) is 0. The number of likely N-dealkylation sites (tertiary alicyclic amines) is 1. The molecule has 0 radical (unpaired) electrons. The number of carboxylic acid groups (broad SMARTS) is 1. The van der Waals surface area contributed by atoms with Crippen LogP contribution in [0.15, 0.2) is 46.0 Å². The number of nitrogens with zero attached hydrogens (tertiary/aromatic N) is 4. The highest BCUT2D eigenvalue weighted by Crippen LogP contribution is 2.42. The Bertz CT molecular complexity index is 1450. The summed E-state index contributed by atoms with van der Waals surface area (Å²) >= 11 is 1.32. The summed E-state index contributed by atoms with van der Waals surface area (Å²) in [6.07, 6.45) is 2.01. The first-order valence-electron chi connectivity index (χ1n) is 14.1. The maximum absolute atomic E-state index is 15.6. The summed E-state index contributed by atoms with van der Waals surface area (Å²) in [5.41, 5.74) is 3.03. The van der Waals surface area contributed by atoms with Gasteiger partial charge in [0.1, 0.15) is 17.9 Å². The molecule has 2 fully saturated rings. The summed E-state index contributed by atoms with van der Waals surface area (Å²) < 4.78 is 51.3. The Morgan fingerprint density at radius 1 is 1.33 bits per heavy atom. The van der Waals surface area contributed by atoms with Gasteiger partial charge in [0.2, 0.25) is 0 Å². The summed E-state index contributed by atoms with van der Waals surface area (Å²) in [5, 5.41) is 16.4. The Hall–Kier alpha value is -3.33. The van der Waals surface area contributed by atoms with Gasteiger partial charge in [0.05, 0.1) is 24.1 Å². The molecule has 14 heteroatoms. The van der Waals surface area contributed by atoms with E-state index in [1.165, 1.54) is 42.3 Å². The van der Waals surface area contributed by atoms with Gasteiger partial charge in [0.25, 0.3) is 5.92 Å². The van der Waals surface area contributed by atoms with Gasteiger partial charge in [-0.25, -0.2) is 28.0 Å². The number of aromatic nitrogens is 1. The fourth-order valence-electron chi connectivity index (χ4n) is 5.84. The molecule has 4 heterocycles. The van der Waals surface area contributed by atoms with Crippen molar-refractivity contribution in [3.63, 3.8) is 0 Å². The maximum Gasteiger partial charge on any atom is 0.338 e. The minimum absolute atomic E-state index is 0.0103. The Labute approximate surface area is 251 Å². The third-order valence-electron chi connectivity index (χ3n) is 8.21. The molecule has 3 aliphatic rings. The number of hydrogen-bond acceptors (Lipinski definition) is 10. The molecule has 1 aromatic heterocycles. The van der Waals surface area contributed by atoms with Crippen molar-refractivity contribution in [1.82, 2.24) is 25.6 Å². The van der Waals surface area contributed by atoms with E-state index in [4.69, 9.17) is 9.73 Å². The van der Waals surface area contributed by atoms with Gasteiger partial charge in [-0.2, -0.15) is 0 Å². The fraction of sp³-hybridized carbons (Fsp3) is 0.517. The van der Waals surface area contributed by atoms with E-state index >= 15 is 8.78 Å². The molecule has 0 aliphatic carbocycles. The van der Waals surface area contributed by atoms with Crippen LogP contribution in [-0.2, 0) is 14.3 Å². The number of aliphatic carboxylic acids is 1. The lowest BCUT2D eigenvalue weighted by molar-refractivity contribution is -0.147. The van der Waals surface area contributed by atoms with Gasteiger partial charge in [-0.05, 0) is 51.3 Å². The number of rotatable bonds is 10. The number of hydrogen-bond donors (Lipinski definition) is 3. The smallest absolute Gasteiger partial charge is 0.338 e. The number of halogens is 3. The van der Waals surface area contributed by atoms with Gasteiger partial charge < -0.3 is 15.2 Å². The second-order valence-corrected chi connectivity index (χ2v) is 12.5. The summed E-state index contributed by atoms with van der Waals surface area (Å²) in [5.74, 6) is -4.93. The van der Waals surface area contributed by atoms with E-state index in [1.54, 1.807) is 36.4 Å². The molecular weight excluding hydrogens is 585 g/mol. The van der Waals surface area contributed by atoms with Gasteiger partial charge in [-0.1, -0.05) is 12.1 Å². The summed E-state index contributed by atoms with van der Waals surface area (Å²) in [6, 6.07) is 1.82. The van der Waals surface area contributed by atoms with Crippen molar-refractivity contribution in [2.45, 2.75) is 58.2 Å². The van der Waals surface area contributed by atoms with Crippen LogP contribution in [0.1, 0.15) is 49.4 Å². The Morgan fingerprint density at radius 3 is 2.77 bits per heavy atom. The molecule has 10 nitrogen and oxygen atoms in total. The largest absolute Gasteiger partial charge is 0.481 e. The molecule has 3 atom stereocenters. The van der Waals surface area contributed by atoms with Crippen LogP contribution in [0.4, 0.5) is 13.2 Å². The standard InChI is InChI=1S/C29H35F3N6O4S/c1-5-42-26(39)21-19(35-24(25-33-10-12-43-25)36-22(21)17-7-6-8-18(30)16(17)2)13-37-15-29(31,32)23-20(37)9-11-38(23)34-14-28(3,4)27(40)41/h6-8,10,12,20,22-23,34H,5,9,11,13-15H2,1-4H3,(H,35,36)(H,40,41)/t20?,22-,23?/m0/s1. The number of fused-ring (bicyclic) bond motifs is 1. The van der Waals surface area contributed by atoms with E-state index in [1.807, 2.05) is 0 Å². The fourth-order valence-corrected chi connectivity index (χ4v) is 6.43. The van der Waals surface area contributed by atoms with Gasteiger partial charge in [-0.3, -0.25) is 20.1 Å². The van der Waals surface area contributed by atoms with E-state index in [-0.39, 0.29) is 25.3 Å². The number of aliphatic imine (C=N–C) groups is 1. The second-order valence-electron chi connectivity index (χ2n) is 11.6. The third-order valence-corrected chi connectivity index (χ3v) is 8.99. The third kappa shape index (κ3) is 6.06. The van der Waals surface area contributed by atoms with Gasteiger partial charge in [0, 0.05) is 43.0 Å². The number of carbonyl (C=O) groups excluding carboxylic acids is 1. The number of alkyl halides is 2. The molecule has 1 aromatic carbocycles. The van der Waals surface area contributed by atoms with Crippen LogP contribution in [-0.4, -0.2) is 88.6 Å². The number of carboxylic acids is 1. The average molecular weight is 621 g/mol. The zero-order chi connectivity index (χ0) is 31.1. The molecular formula is C29H35F3N6O4S. The molecule has 5 rings (SSSR count). The van der Waals surface area contributed by atoms with E-state index in [0.29, 0.717) is 40.6 Å². The topological polar surface area (TPSA) is 119 Å². The van der Waals surface area contributed by atoms with E-state index < -0.39 is 53.8 Å². The Kier molecular flexibility index (Phi) is 8.67. The van der Waals surface area contributed by atoms with Gasteiger partial charge in [0.15, 0.2) is 10.8 Å². The molecule has 2 aromatic rings. The quantitative estimate of drug-likeness (QED) is 0.343. The van der Waals surface area contributed by atoms with Crippen LogP contribution in [0.25, 0.3) is 0 Å². The van der Waals surface area contributed by atoms with Crippen molar-refractivity contribution in [2.75, 3.05) is 32.8 Å². The lowest BCUT2D eigenvalue weighted by atomic mass is 9.92. The molecule has 0 saturated carbocycles. The number of ether oxygens (including phenoxy) is 1. The molecule has 232 valence electrons. The van der Waals surface area contributed by atoms with E-state index in [9.17, 15) is 19.1 Å². The maximum atomic E-state index is 15.6. The molecule has 3 N–H and O–H groups in total. The normalized spacial score (nSPS) is 24.1.